The number of nitrogen functional groups attached to an aromatic ring is 1. The van der Waals surface area contributed by atoms with Crippen molar-refractivity contribution in [3.05, 3.63) is 116 Å². The molecule has 0 amide bonds. The normalized spacial score (nSPS) is 12.9. The largest absolute Gasteiger partial charge is 0.497 e. The summed E-state index contributed by atoms with van der Waals surface area (Å²) in [4.78, 5) is 23.3. The van der Waals surface area contributed by atoms with Gasteiger partial charge in [0, 0.05) is 11.7 Å². The first-order valence-corrected chi connectivity index (χ1v) is 10.5. The first-order valence-electron chi connectivity index (χ1n) is 10.5. The second-order valence-electron chi connectivity index (χ2n) is 7.85. The van der Waals surface area contributed by atoms with Crippen LogP contribution in [0, 0.1) is 5.82 Å². The van der Waals surface area contributed by atoms with Crippen LogP contribution in [0.25, 0.3) is 0 Å². The highest BCUT2D eigenvalue weighted by Crippen LogP contribution is 2.30. The van der Waals surface area contributed by atoms with Crippen molar-refractivity contribution in [2.45, 2.75) is 19.0 Å². The maximum atomic E-state index is 13.8. The summed E-state index contributed by atoms with van der Waals surface area (Å²) in [5.74, 6) is 0.416. The molecule has 0 radical (unpaired) electrons. The summed E-state index contributed by atoms with van der Waals surface area (Å²) in [5.41, 5.74) is 7.69. The lowest BCUT2D eigenvalue weighted by Crippen LogP contribution is -2.36. The van der Waals surface area contributed by atoms with Crippen LogP contribution in [0.5, 0.6) is 5.75 Å². The highest BCUT2D eigenvalue weighted by atomic mass is 19.1. The Morgan fingerprint density at radius 1 is 0.879 bits per heavy atom. The van der Waals surface area contributed by atoms with Gasteiger partial charge in [-0.05, 0) is 60.0 Å². The van der Waals surface area contributed by atoms with Crippen molar-refractivity contribution in [2.24, 2.45) is 0 Å². The summed E-state index contributed by atoms with van der Waals surface area (Å²) in [7, 11) is 1.61. The van der Waals surface area contributed by atoms with Gasteiger partial charge in [-0.3, -0.25) is 14.9 Å². The molecule has 0 spiro atoms. The second kappa shape index (κ2) is 9.26. The zero-order valence-corrected chi connectivity index (χ0v) is 18.3. The standard InChI is InChI=1S/C26H24FN3O3/c1-15(16-6-3-9-19(27)12-16)29-23(18-8-5-11-21(14-18)33-2)17-7-4-10-20(13-17)30-24-22(28)25(31)26(24)32/h3-15,23,29-30H,28H2,1-2H3. The number of hydrogen-bond acceptors (Lipinski definition) is 6. The van der Waals surface area contributed by atoms with Crippen molar-refractivity contribution in [1.29, 1.82) is 0 Å². The average Bonchev–Trinajstić information content (AvgIpc) is 2.85. The summed E-state index contributed by atoms with van der Waals surface area (Å²) in [5, 5.41) is 6.52. The molecular weight excluding hydrogens is 421 g/mol. The third-order valence-electron chi connectivity index (χ3n) is 5.63. The molecule has 4 N–H and O–H groups in total. The molecule has 0 saturated heterocycles. The summed E-state index contributed by atoms with van der Waals surface area (Å²) < 4.78 is 19.2. The van der Waals surface area contributed by atoms with E-state index in [9.17, 15) is 14.0 Å². The van der Waals surface area contributed by atoms with E-state index in [2.05, 4.69) is 10.6 Å². The first-order chi connectivity index (χ1) is 15.9. The van der Waals surface area contributed by atoms with Crippen molar-refractivity contribution in [2.75, 3.05) is 18.2 Å². The minimum atomic E-state index is -0.673. The van der Waals surface area contributed by atoms with Gasteiger partial charge in [0.05, 0.1) is 13.2 Å². The summed E-state index contributed by atoms with van der Waals surface area (Å²) >= 11 is 0. The lowest BCUT2D eigenvalue weighted by molar-refractivity contribution is 0.413. The van der Waals surface area contributed by atoms with Crippen LogP contribution >= 0.6 is 0 Å². The molecule has 2 atom stereocenters. The van der Waals surface area contributed by atoms with Crippen LogP contribution in [-0.2, 0) is 0 Å². The molecule has 0 aliphatic heterocycles. The van der Waals surface area contributed by atoms with Crippen molar-refractivity contribution < 1.29 is 9.13 Å². The number of methoxy groups -OCH3 is 1. The van der Waals surface area contributed by atoms with Gasteiger partial charge in [-0.1, -0.05) is 36.4 Å². The van der Waals surface area contributed by atoms with Gasteiger partial charge in [-0.2, -0.15) is 0 Å². The van der Waals surface area contributed by atoms with E-state index >= 15 is 0 Å². The Balaban J connectivity index is 1.70. The van der Waals surface area contributed by atoms with Crippen LogP contribution in [0.15, 0.2) is 82.4 Å². The Hall–Kier alpha value is -3.97. The molecule has 0 bridgehead atoms. The lowest BCUT2D eigenvalue weighted by Gasteiger charge is -2.26. The number of benzene rings is 3. The molecule has 4 aromatic rings. The SMILES string of the molecule is COc1cccc(C(NC(C)c2cccc(F)c2)c2cccc(Nc3c(N)c(=O)c3=O)c2)c1. The van der Waals surface area contributed by atoms with Crippen molar-refractivity contribution in [1.82, 2.24) is 5.32 Å². The van der Waals surface area contributed by atoms with E-state index in [0.717, 1.165) is 16.7 Å². The van der Waals surface area contributed by atoms with Crippen molar-refractivity contribution >= 4 is 17.1 Å². The third-order valence-corrected chi connectivity index (χ3v) is 5.63. The molecule has 0 fully saturated rings. The van der Waals surface area contributed by atoms with Crippen LogP contribution in [0.2, 0.25) is 0 Å². The number of nitrogens with one attached hydrogen (secondary N) is 2. The van der Waals surface area contributed by atoms with Crippen LogP contribution < -0.4 is 32.0 Å². The van der Waals surface area contributed by atoms with Gasteiger partial charge in [0.2, 0.25) is 0 Å². The van der Waals surface area contributed by atoms with Crippen molar-refractivity contribution in [3.8, 4) is 5.75 Å². The minimum Gasteiger partial charge on any atom is -0.497 e. The van der Waals surface area contributed by atoms with Crippen LogP contribution in [0.4, 0.5) is 21.5 Å². The fourth-order valence-electron chi connectivity index (χ4n) is 3.80. The average molecular weight is 445 g/mol. The van der Waals surface area contributed by atoms with E-state index in [1.165, 1.54) is 12.1 Å². The molecule has 168 valence electrons. The summed E-state index contributed by atoms with van der Waals surface area (Å²) in [6, 6.07) is 21.2. The van der Waals surface area contributed by atoms with E-state index in [0.29, 0.717) is 11.4 Å². The number of anilines is 3. The van der Waals surface area contributed by atoms with E-state index in [1.54, 1.807) is 19.2 Å². The van der Waals surface area contributed by atoms with E-state index in [1.807, 2.05) is 55.5 Å². The topological polar surface area (TPSA) is 93.4 Å². The Morgan fingerprint density at radius 3 is 2.24 bits per heavy atom. The fourth-order valence-corrected chi connectivity index (χ4v) is 3.80. The Kier molecular flexibility index (Phi) is 6.24. The molecule has 0 saturated carbocycles. The smallest absolute Gasteiger partial charge is 0.253 e. The van der Waals surface area contributed by atoms with E-state index < -0.39 is 10.9 Å². The Bertz CT molecular complexity index is 1360. The second-order valence-corrected chi connectivity index (χ2v) is 7.85. The number of halogens is 1. The molecule has 0 aromatic heterocycles. The van der Waals surface area contributed by atoms with Gasteiger partial charge in [0.25, 0.3) is 10.9 Å². The van der Waals surface area contributed by atoms with Gasteiger partial charge < -0.3 is 15.8 Å². The van der Waals surface area contributed by atoms with Gasteiger partial charge in [-0.25, -0.2) is 4.39 Å². The lowest BCUT2D eigenvalue weighted by atomic mass is 9.96. The van der Waals surface area contributed by atoms with Crippen LogP contribution in [-0.4, -0.2) is 7.11 Å². The van der Waals surface area contributed by atoms with Crippen molar-refractivity contribution in [3.63, 3.8) is 0 Å². The fraction of sp³-hybridized carbons (Fsp3) is 0.154. The molecule has 6 nitrogen and oxygen atoms in total. The van der Waals surface area contributed by atoms with Crippen LogP contribution in [0.1, 0.15) is 35.7 Å². The quantitative estimate of drug-likeness (QED) is 0.352. The van der Waals surface area contributed by atoms with Gasteiger partial charge in [-0.15, -0.1) is 0 Å². The maximum absolute atomic E-state index is 13.8. The minimum absolute atomic E-state index is 0.0624. The van der Waals surface area contributed by atoms with Gasteiger partial charge in [0.1, 0.15) is 22.9 Å². The molecule has 7 heteroatoms. The van der Waals surface area contributed by atoms with E-state index in [4.69, 9.17) is 10.5 Å². The zero-order chi connectivity index (χ0) is 23.5. The number of rotatable bonds is 8. The summed E-state index contributed by atoms with van der Waals surface area (Å²) in [6.45, 7) is 1.97. The molecule has 4 aromatic carbocycles. The monoisotopic (exact) mass is 445 g/mol. The number of nitrogens with two attached hydrogens (primary N) is 1. The number of hydrogen-bond donors (Lipinski definition) is 3. The maximum Gasteiger partial charge on any atom is 0.253 e. The molecule has 0 aliphatic rings. The molecule has 33 heavy (non-hydrogen) atoms. The van der Waals surface area contributed by atoms with Crippen LogP contribution in [0.3, 0.4) is 0 Å². The molecular formula is C26H24FN3O3. The predicted molar refractivity (Wildman–Crippen MR) is 128 cm³/mol. The van der Waals surface area contributed by atoms with E-state index in [-0.39, 0.29) is 29.3 Å². The Labute approximate surface area is 190 Å². The molecule has 4 rings (SSSR count). The molecule has 0 aliphatic carbocycles. The first kappa shape index (κ1) is 22.2. The number of ether oxygens (including phenoxy) is 1. The highest BCUT2D eigenvalue weighted by Gasteiger charge is 2.21. The molecule has 2 unspecified atom stereocenters. The zero-order valence-electron chi connectivity index (χ0n) is 18.3. The third kappa shape index (κ3) is 4.63. The Morgan fingerprint density at radius 2 is 1.55 bits per heavy atom. The predicted octanol–water partition coefficient (Wildman–Crippen LogP) is 4.20. The highest BCUT2D eigenvalue weighted by molar-refractivity contribution is 5.76. The molecule has 0 heterocycles. The van der Waals surface area contributed by atoms with Gasteiger partial charge in [0.15, 0.2) is 0 Å². The van der Waals surface area contributed by atoms with Gasteiger partial charge >= 0.3 is 0 Å². The summed E-state index contributed by atoms with van der Waals surface area (Å²) in [6.07, 6.45) is 0.